The number of carbonyl (C=O) groups excluding carboxylic acids is 2. The molecule has 182 valence electrons. The van der Waals surface area contributed by atoms with Gasteiger partial charge in [0.1, 0.15) is 0 Å². The number of hydrogen-bond donors (Lipinski definition) is 0. The number of anilines is 1. The Bertz CT molecular complexity index is 1280. The van der Waals surface area contributed by atoms with Gasteiger partial charge in [0, 0.05) is 44.4 Å². The highest BCUT2D eigenvalue weighted by molar-refractivity contribution is 7.92. The first kappa shape index (κ1) is 24.5. The summed E-state index contributed by atoms with van der Waals surface area (Å²) in [6.45, 7) is 3.83. The highest BCUT2D eigenvalue weighted by Gasteiger charge is 2.26. The Morgan fingerprint density at radius 2 is 1.20 bits per heavy atom. The van der Waals surface area contributed by atoms with Crippen LogP contribution in [0.5, 0.6) is 0 Å². The van der Waals surface area contributed by atoms with Gasteiger partial charge in [-0.1, -0.05) is 37.3 Å². The number of hydrogen-bond acceptors (Lipinski definition) is 4. The van der Waals surface area contributed by atoms with Crippen molar-refractivity contribution in [3.8, 4) is 0 Å². The second-order valence-electron chi connectivity index (χ2n) is 8.47. The van der Waals surface area contributed by atoms with Crippen molar-refractivity contribution in [2.45, 2.75) is 18.2 Å². The zero-order chi connectivity index (χ0) is 25.0. The van der Waals surface area contributed by atoms with E-state index in [9.17, 15) is 18.0 Å². The van der Waals surface area contributed by atoms with E-state index in [-0.39, 0.29) is 16.7 Å². The summed E-state index contributed by atoms with van der Waals surface area (Å²) in [5.74, 6) is -0.207. The van der Waals surface area contributed by atoms with Crippen LogP contribution in [0.3, 0.4) is 0 Å². The molecule has 4 rings (SSSR count). The fourth-order valence-electron chi connectivity index (χ4n) is 4.07. The van der Waals surface area contributed by atoms with Crippen molar-refractivity contribution < 1.29 is 18.0 Å². The standard InChI is InChI=1S/C27H29N3O4S/c1-3-21-9-11-22(12-10-21)26(31)29-17-19-30(20-18-29)27(32)23-13-15-25(16-14-23)35(33,34)28(2)24-7-5-4-6-8-24/h4-16H,3,17-20H2,1-2H3. The summed E-state index contributed by atoms with van der Waals surface area (Å²) in [5, 5.41) is 0. The predicted molar refractivity (Wildman–Crippen MR) is 136 cm³/mol. The lowest BCUT2D eigenvalue weighted by Gasteiger charge is -2.35. The number of carbonyl (C=O) groups is 2. The highest BCUT2D eigenvalue weighted by Crippen LogP contribution is 2.22. The molecule has 0 bridgehead atoms. The summed E-state index contributed by atoms with van der Waals surface area (Å²) in [6, 6.07) is 22.5. The summed E-state index contributed by atoms with van der Waals surface area (Å²) in [7, 11) is -2.24. The van der Waals surface area contributed by atoms with Gasteiger partial charge in [0.15, 0.2) is 0 Å². The number of benzene rings is 3. The van der Waals surface area contributed by atoms with Gasteiger partial charge in [-0.3, -0.25) is 13.9 Å². The predicted octanol–water partition coefficient (Wildman–Crippen LogP) is 3.67. The molecule has 0 saturated carbocycles. The smallest absolute Gasteiger partial charge is 0.264 e. The van der Waals surface area contributed by atoms with Crippen molar-refractivity contribution in [3.63, 3.8) is 0 Å². The first-order chi connectivity index (χ1) is 16.8. The van der Waals surface area contributed by atoms with Crippen LogP contribution in [-0.4, -0.2) is 63.3 Å². The van der Waals surface area contributed by atoms with E-state index >= 15 is 0 Å². The van der Waals surface area contributed by atoms with E-state index < -0.39 is 10.0 Å². The van der Waals surface area contributed by atoms with Gasteiger partial charge in [-0.25, -0.2) is 8.42 Å². The summed E-state index contributed by atoms with van der Waals surface area (Å²) >= 11 is 0. The second-order valence-corrected chi connectivity index (χ2v) is 10.4. The van der Waals surface area contributed by atoms with Gasteiger partial charge in [-0.15, -0.1) is 0 Å². The lowest BCUT2D eigenvalue weighted by atomic mass is 10.1. The van der Waals surface area contributed by atoms with Crippen molar-refractivity contribution in [2.24, 2.45) is 0 Å². The third-order valence-electron chi connectivity index (χ3n) is 6.34. The van der Waals surface area contributed by atoms with Crippen molar-refractivity contribution in [1.29, 1.82) is 0 Å². The van der Waals surface area contributed by atoms with Crippen LogP contribution in [0.1, 0.15) is 33.2 Å². The minimum atomic E-state index is -3.74. The normalized spacial score (nSPS) is 14.0. The fourth-order valence-corrected chi connectivity index (χ4v) is 5.26. The maximum absolute atomic E-state index is 13.0. The topological polar surface area (TPSA) is 78.0 Å². The number of rotatable bonds is 6. The molecule has 8 heteroatoms. The van der Waals surface area contributed by atoms with Gasteiger partial charge in [-0.2, -0.15) is 0 Å². The van der Waals surface area contributed by atoms with Gasteiger partial charge in [0.2, 0.25) is 0 Å². The molecule has 0 N–H and O–H groups in total. The Balaban J connectivity index is 1.38. The first-order valence-corrected chi connectivity index (χ1v) is 13.1. The average Bonchev–Trinajstić information content (AvgIpc) is 2.92. The SMILES string of the molecule is CCc1ccc(C(=O)N2CCN(C(=O)c3ccc(S(=O)(=O)N(C)c4ccccc4)cc3)CC2)cc1. The van der Waals surface area contributed by atoms with Crippen LogP contribution < -0.4 is 4.31 Å². The number of amides is 2. The minimum absolute atomic E-state index is 0.0307. The monoisotopic (exact) mass is 491 g/mol. The summed E-state index contributed by atoms with van der Waals surface area (Å²) < 4.78 is 27.1. The number of aryl methyl sites for hydroxylation is 1. The lowest BCUT2D eigenvalue weighted by molar-refractivity contribution is 0.0535. The summed E-state index contributed by atoms with van der Waals surface area (Å²) in [5.41, 5.74) is 2.81. The molecule has 3 aromatic carbocycles. The number of sulfonamides is 1. The summed E-state index contributed by atoms with van der Waals surface area (Å²) in [6.07, 6.45) is 0.923. The van der Waals surface area contributed by atoms with E-state index in [4.69, 9.17) is 0 Å². The first-order valence-electron chi connectivity index (χ1n) is 11.6. The van der Waals surface area contributed by atoms with Gasteiger partial charge in [0.05, 0.1) is 10.6 Å². The summed E-state index contributed by atoms with van der Waals surface area (Å²) in [4.78, 5) is 29.4. The number of nitrogens with zero attached hydrogens (tertiary/aromatic N) is 3. The maximum atomic E-state index is 13.0. The van der Waals surface area contributed by atoms with E-state index in [0.717, 1.165) is 6.42 Å². The van der Waals surface area contributed by atoms with Gasteiger partial charge >= 0.3 is 0 Å². The molecule has 1 aliphatic rings. The Morgan fingerprint density at radius 1 is 0.743 bits per heavy atom. The van der Waals surface area contributed by atoms with Crippen LogP contribution in [0.15, 0.2) is 83.8 Å². The molecule has 0 aromatic heterocycles. The Morgan fingerprint density at radius 3 is 1.66 bits per heavy atom. The molecule has 0 atom stereocenters. The van der Waals surface area contributed by atoms with E-state index in [2.05, 4.69) is 6.92 Å². The van der Waals surface area contributed by atoms with Crippen LogP contribution in [0, 0.1) is 0 Å². The third kappa shape index (κ3) is 5.22. The molecule has 1 saturated heterocycles. The lowest BCUT2D eigenvalue weighted by Crippen LogP contribution is -2.50. The Hall–Kier alpha value is -3.65. The van der Waals surface area contributed by atoms with Crippen molar-refractivity contribution in [3.05, 3.63) is 95.6 Å². The molecule has 0 unspecified atom stereocenters. The third-order valence-corrected chi connectivity index (χ3v) is 8.14. The van der Waals surface area contributed by atoms with E-state index in [1.807, 2.05) is 30.3 Å². The van der Waals surface area contributed by atoms with Crippen LogP contribution in [-0.2, 0) is 16.4 Å². The molecule has 0 spiro atoms. The minimum Gasteiger partial charge on any atom is -0.335 e. The van der Waals surface area contributed by atoms with E-state index in [0.29, 0.717) is 43.0 Å². The fraction of sp³-hybridized carbons (Fsp3) is 0.259. The number of piperazine rings is 1. The zero-order valence-electron chi connectivity index (χ0n) is 19.9. The van der Waals surface area contributed by atoms with Crippen LogP contribution in [0.2, 0.25) is 0 Å². The molecular weight excluding hydrogens is 462 g/mol. The molecule has 0 radical (unpaired) electrons. The molecule has 3 aromatic rings. The molecular formula is C27H29N3O4S. The second kappa shape index (κ2) is 10.3. The Labute approximate surface area is 206 Å². The maximum Gasteiger partial charge on any atom is 0.264 e. The zero-order valence-corrected chi connectivity index (χ0v) is 20.7. The van der Waals surface area contributed by atoms with Crippen LogP contribution in [0.4, 0.5) is 5.69 Å². The van der Waals surface area contributed by atoms with Crippen molar-refractivity contribution in [1.82, 2.24) is 9.80 Å². The van der Waals surface area contributed by atoms with E-state index in [1.165, 1.54) is 29.0 Å². The average molecular weight is 492 g/mol. The van der Waals surface area contributed by atoms with Crippen molar-refractivity contribution >= 4 is 27.5 Å². The molecule has 2 amide bonds. The molecule has 1 fully saturated rings. The van der Waals surface area contributed by atoms with Crippen LogP contribution in [0.25, 0.3) is 0 Å². The van der Waals surface area contributed by atoms with Gasteiger partial charge in [-0.05, 0) is 60.5 Å². The largest absolute Gasteiger partial charge is 0.335 e. The molecule has 0 aliphatic carbocycles. The molecule has 7 nitrogen and oxygen atoms in total. The highest BCUT2D eigenvalue weighted by atomic mass is 32.2. The molecule has 35 heavy (non-hydrogen) atoms. The van der Waals surface area contributed by atoms with Crippen LogP contribution >= 0.6 is 0 Å². The van der Waals surface area contributed by atoms with Gasteiger partial charge in [0.25, 0.3) is 21.8 Å². The molecule has 1 heterocycles. The molecule has 1 aliphatic heterocycles. The number of para-hydroxylation sites is 1. The van der Waals surface area contributed by atoms with Gasteiger partial charge < -0.3 is 9.80 Å². The Kier molecular flexibility index (Phi) is 7.21. The quantitative estimate of drug-likeness (QED) is 0.527. The van der Waals surface area contributed by atoms with E-state index in [1.54, 1.807) is 46.2 Å². The van der Waals surface area contributed by atoms with Crippen molar-refractivity contribution in [2.75, 3.05) is 37.5 Å².